The molecule has 2 aliphatic rings. The number of ether oxygens (including phenoxy) is 2. The van der Waals surface area contributed by atoms with Gasteiger partial charge in [0.2, 0.25) is 6.79 Å². The third-order valence-corrected chi connectivity index (χ3v) is 5.77. The van der Waals surface area contributed by atoms with Gasteiger partial charge in [0, 0.05) is 17.3 Å². The molecule has 2 aromatic carbocycles. The lowest BCUT2D eigenvalue weighted by atomic mass is 9.69. The molecule has 0 spiro atoms. The number of aromatic amines is 1. The third-order valence-electron chi connectivity index (χ3n) is 5.77. The first-order valence-corrected chi connectivity index (χ1v) is 9.17. The average Bonchev–Trinajstić information content (AvgIpc) is 3.29. The number of H-pyrrole nitrogens is 1. The van der Waals surface area contributed by atoms with Crippen LogP contribution in [-0.2, 0) is 10.2 Å². The van der Waals surface area contributed by atoms with E-state index in [9.17, 15) is 4.79 Å². The van der Waals surface area contributed by atoms with Crippen LogP contribution in [0.5, 0.6) is 11.5 Å². The highest BCUT2D eigenvalue weighted by Crippen LogP contribution is 2.54. The van der Waals surface area contributed by atoms with Gasteiger partial charge in [-0.15, -0.1) is 0 Å². The van der Waals surface area contributed by atoms with E-state index in [1.165, 1.54) is 0 Å². The van der Waals surface area contributed by atoms with E-state index in [0.717, 1.165) is 39.0 Å². The molecule has 27 heavy (non-hydrogen) atoms. The molecule has 3 heterocycles. The zero-order valence-corrected chi connectivity index (χ0v) is 15.9. The van der Waals surface area contributed by atoms with Gasteiger partial charge in [-0.3, -0.25) is 4.79 Å². The second-order valence-electron chi connectivity index (χ2n) is 8.36. The molecule has 1 aromatic heterocycles. The van der Waals surface area contributed by atoms with Crippen molar-refractivity contribution >= 4 is 22.4 Å². The maximum atomic E-state index is 13.1. The molecule has 0 aliphatic carbocycles. The summed E-state index contributed by atoms with van der Waals surface area (Å²) in [6, 6.07) is 10.3. The van der Waals surface area contributed by atoms with Crippen LogP contribution in [-0.4, -0.2) is 23.1 Å². The van der Waals surface area contributed by atoms with Crippen molar-refractivity contribution in [3.63, 3.8) is 0 Å². The minimum Gasteiger partial charge on any atom is -0.453 e. The summed E-state index contributed by atoms with van der Waals surface area (Å²) in [5, 5.41) is 4.52. The fourth-order valence-electron chi connectivity index (χ4n) is 4.47. The summed E-state index contributed by atoms with van der Waals surface area (Å²) in [6.07, 6.45) is 1.93. The van der Waals surface area contributed by atoms with Gasteiger partial charge >= 0.3 is 0 Å². The Bertz CT molecular complexity index is 1110. The lowest BCUT2D eigenvalue weighted by Crippen LogP contribution is -2.53. The molecule has 2 N–H and O–H groups in total. The van der Waals surface area contributed by atoms with Crippen LogP contribution in [0, 0.1) is 0 Å². The zero-order chi connectivity index (χ0) is 19.0. The van der Waals surface area contributed by atoms with Crippen LogP contribution < -0.4 is 14.8 Å². The van der Waals surface area contributed by atoms with Gasteiger partial charge in [-0.25, -0.2) is 0 Å². The number of nitrogens with one attached hydrogen (secondary N) is 2. The van der Waals surface area contributed by atoms with Gasteiger partial charge in [-0.05, 0) is 50.8 Å². The molecule has 0 radical (unpaired) electrons. The van der Waals surface area contributed by atoms with E-state index in [1.54, 1.807) is 0 Å². The number of fused-ring (bicyclic) bond motifs is 4. The van der Waals surface area contributed by atoms with Crippen LogP contribution >= 0.6 is 0 Å². The van der Waals surface area contributed by atoms with Crippen molar-refractivity contribution in [2.45, 2.75) is 38.6 Å². The minimum atomic E-state index is -0.669. The van der Waals surface area contributed by atoms with E-state index in [2.05, 4.69) is 28.5 Å². The largest absolute Gasteiger partial charge is 0.453 e. The van der Waals surface area contributed by atoms with E-state index in [-0.39, 0.29) is 12.6 Å². The van der Waals surface area contributed by atoms with Crippen molar-refractivity contribution in [2.24, 2.45) is 0 Å². The summed E-state index contributed by atoms with van der Waals surface area (Å²) < 4.78 is 11.7. The van der Waals surface area contributed by atoms with Crippen molar-refractivity contribution in [2.75, 3.05) is 12.1 Å². The van der Waals surface area contributed by atoms with Crippen LogP contribution in [0.15, 0.2) is 36.5 Å². The number of hydrogen-bond acceptors (Lipinski definition) is 4. The van der Waals surface area contributed by atoms with Gasteiger partial charge in [-0.2, -0.15) is 0 Å². The standard InChI is InChI=1S/C22H22N2O3/c1-21(2)15-10-14(13-7-5-6-12-8-9-23-16(12)13)18-19(27-11-26-18)17(15)24-22(3,4)20(21)25/h5-10,23-24H,11H2,1-4H3. The zero-order valence-electron chi connectivity index (χ0n) is 15.9. The van der Waals surface area contributed by atoms with Crippen molar-refractivity contribution in [3.8, 4) is 22.6 Å². The van der Waals surface area contributed by atoms with Crippen LogP contribution in [0.3, 0.4) is 0 Å². The maximum Gasteiger partial charge on any atom is 0.231 e. The molecule has 5 rings (SSSR count). The number of aromatic nitrogens is 1. The Labute approximate surface area is 157 Å². The molecular weight excluding hydrogens is 340 g/mol. The summed E-state index contributed by atoms with van der Waals surface area (Å²) in [4.78, 5) is 16.4. The molecular formula is C22H22N2O3. The van der Waals surface area contributed by atoms with E-state index < -0.39 is 11.0 Å². The van der Waals surface area contributed by atoms with Gasteiger partial charge in [0.15, 0.2) is 17.3 Å². The molecule has 2 aliphatic heterocycles. The Morgan fingerprint density at radius 1 is 1.00 bits per heavy atom. The number of carbonyl (C=O) groups excluding carboxylic acids is 1. The fourth-order valence-corrected chi connectivity index (χ4v) is 4.47. The van der Waals surface area contributed by atoms with Crippen molar-refractivity contribution in [1.29, 1.82) is 0 Å². The number of benzene rings is 2. The van der Waals surface area contributed by atoms with Crippen molar-refractivity contribution in [1.82, 2.24) is 4.98 Å². The van der Waals surface area contributed by atoms with Gasteiger partial charge < -0.3 is 19.8 Å². The molecule has 0 saturated heterocycles. The van der Waals surface area contributed by atoms with E-state index >= 15 is 0 Å². The molecule has 0 atom stereocenters. The first kappa shape index (κ1) is 16.2. The highest BCUT2D eigenvalue weighted by Gasteiger charge is 2.48. The summed E-state index contributed by atoms with van der Waals surface area (Å²) in [7, 11) is 0. The molecule has 3 aromatic rings. The Kier molecular flexibility index (Phi) is 3.05. The summed E-state index contributed by atoms with van der Waals surface area (Å²) in [5.41, 5.74) is 3.52. The van der Waals surface area contributed by atoms with Crippen LogP contribution in [0.25, 0.3) is 22.0 Å². The number of Topliss-reactive ketones (excluding diaryl/α,β-unsaturated/α-hetero) is 1. The lowest BCUT2D eigenvalue weighted by Gasteiger charge is -2.42. The van der Waals surface area contributed by atoms with Crippen molar-refractivity contribution < 1.29 is 14.3 Å². The number of rotatable bonds is 1. The number of carbonyl (C=O) groups is 1. The average molecular weight is 362 g/mol. The van der Waals surface area contributed by atoms with Crippen LogP contribution in [0.1, 0.15) is 33.3 Å². The predicted octanol–water partition coefficient (Wildman–Crippen LogP) is 4.61. The first-order valence-electron chi connectivity index (χ1n) is 9.17. The first-order chi connectivity index (χ1) is 12.8. The molecule has 0 saturated carbocycles. The molecule has 138 valence electrons. The van der Waals surface area contributed by atoms with E-state index in [0.29, 0.717) is 5.75 Å². The summed E-state index contributed by atoms with van der Waals surface area (Å²) in [5.74, 6) is 1.58. The van der Waals surface area contributed by atoms with Crippen molar-refractivity contribution in [3.05, 3.63) is 42.1 Å². The van der Waals surface area contributed by atoms with E-state index in [1.807, 2.05) is 46.0 Å². The highest BCUT2D eigenvalue weighted by molar-refractivity contribution is 6.06. The number of hydrogen-bond donors (Lipinski definition) is 2. The van der Waals surface area contributed by atoms with Gasteiger partial charge in [0.25, 0.3) is 0 Å². The molecule has 0 amide bonds. The van der Waals surface area contributed by atoms with Gasteiger partial charge in [0.05, 0.1) is 22.2 Å². The van der Waals surface area contributed by atoms with Crippen LogP contribution in [0.2, 0.25) is 0 Å². The number of ketones is 1. The minimum absolute atomic E-state index is 0.158. The quantitative estimate of drug-likeness (QED) is 0.663. The highest BCUT2D eigenvalue weighted by atomic mass is 16.7. The third kappa shape index (κ3) is 2.08. The number of anilines is 1. The van der Waals surface area contributed by atoms with E-state index in [4.69, 9.17) is 9.47 Å². The predicted molar refractivity (Wildman–Crippen MR) is 106 cm³/mol. The summed E-state index contributed by atoms with van der Waals surface area (Å²) in [6.45, 7) is 7.97. The Hall–Kier alpha value is -2.95. The van der Waals surface area contributed by atoms with Crippen LogP contribution in [0.4, 0.5) is 5.69 Å². The maximum absolute atomic E-state index is 13.1. The molecule has 0 bridgehead atoms. The smallest absolute Gasteiger partial charge is 0.231 e. The lowest BCUT2D eigenvalue weighted by molar-refractivity contribution is -0.127. The fraction of sp³-hybridized carbons (Fsp3) is 0.318. The molecule has 0 fully saturated rings. The Morgan fingerprint density at radius 2 is 1.78 bits per heavy atom. The molecule has 0 unspecified atom stereocenters. The Morgan fingerprint density at radius 3 is 2.59 bits per heavy atom. The normalized spacial score (nSPS) is 19.0. The summed E-state index contributed by atoms with van der Waals surface area (Å²) >= 11 is 0. The topological polar surface area (TPSA) is 63.4 Å². The monoisotopic (exact) mass is 362 g/mol. The second kappa shape index (κ2) is 5.06. The SMILES string of the molecule is CC1(C)Nc2c(cc(-c3cccc4cc[nH]c34)c3c2OCO3)C(C)(C)C1=O. The Balaban J connectivity index is 1.84. The second-order valence-corrected chi connectivity index (χ2v) is 8.36. The molecule has 5 nitrogen and oxygen atoms in total. The molecule has 5 heteroatoms. The van der Waals surface area contributed by atoms with Gasteiger partial charge in [0.1, 0.15) is 0 Å². The van der Waals surface area contributed by atoms with Gasteiger partial charge in [-0.1, -0.05) is 18.2 Å². The number of para-hydroxylation sites is 1.